The van der Waals surface area contributed by atoms with Crippen LogP contribution in [0.1, 0.15) is 21.6 Å². The second-order valence-electron chi connectivity index (χ2n) is 6.83. The van der Waals surface area contributed by atoms with Gasteiger partial charge >= 0.3 is 0 Å². The quantitative estimate of drug-likeness (QED) is 0.473. The first-order valence-electron chi connectivity index (χ1n) is 9.81. The van der Waals surface area contributed by atoms with Gasteiger partial charge in [0.25, 0.3) is 12.4 Å². The number of carboxylic acid groups (broad SMARTS) is 1. The number of rotatable bonds is 5. The van der Waals surface area contributed by atoms with Crippen molar-refractivity contribution in [1.29, 1.82) is 5.26 Å². The molecule has 1 N–H and O–H groups in total. The number of hydrogen-bond donors (Lipinski definition) is 1. The lowest BCUT2D eigenvalue weighted by Gasteiger charge is -2.18. The summed E-state index contributed by atoms with van der Waals surface area (Å²) < 4.78 is 1.78. The number of carbonyl (C=O) groups is 2. The van der Waals surface area contributed by atoms with Gasteiger partial charge < -0.3 is 10.0 Å². The highest BCUT2D eigenvalue weighted by Crippen LogP contribution is 2.21. The van der Waals surface area contributed by atoms with Crippen LogP contribution in [-0.2, 0) is 11.3 Å². The lowest BCUT2D eigenvalue weighted by Crippen LogP contribution is -2.26. The van der Waals surface area contributed by atoms with E-state index in [9.17, 15) is 10.1 Å². The molecule has 0 unspecified atom stereocenters. The summed E-state index contributed by atoms with van der Waals surface area (Å²) in [6.45, 7) is 0.219. The highest BCUT2D eigenvalue weighted by atomic mass is 16.3. The molecule has 164 valence electrons. The summed E-state index contributed by atoms with van der Waals surface area (Å²) in [6, 6.07) is 18.9. The van der Waals surface area contributed by atoms with E-state index in [0.717, 1.165) is 11.3 Å². The molecule has 0 aliphatic rings. The smallest absolute Gasteiger partial charge is 0.290 e. The number of amides is 1. The van der Waals surface area contributed by atoms with Crippen molar-refractivity contribution in [2.75, 3.05) is 7.05 Å². The number of hydrogen-bond acceptors (Lipinski definition) is 6. The van der Waals surface area contributed by atoms with Crippen molar-refractivity contribution >= 4 is 12.4 Å². The maximum Gasteiger partial charge on any atom is 0.290 e. The fraction of sp³-hybridized carbons (Fsp3) is 0.0833. The average Bonchev–Trinajstić information content (AvgIpc) is 3.39. The van der Waals surface area contributed by atoms with Crippen LogP contribution in [0.25, 0.3) is 16.9 Å². The van der Waals surface area contributed by atoms with Crippen molar-refractivity contribution in [2.24, 2.45) is 0 Å². The molecule has 2 aromatic heterocycles. The van der Waals surface area contributed by atoms with Crippen LogP contribution in [0, 0.1) is 11.3 Å². The molecule has 2 heterocycles. The molecular weight excluding hydrogens is 420 g/mol. The fourth-order valence-electron chi connectivity index (χ4n) is 3.17. The van der Waals surface area contributed by atoms with E-state index in [1.54, 1.807) is 41.0 Å². The van der Waals surface area contributed by atoms with Gasteiger partial charge in [0.1, 0.15) is 11.8 Å². The molecule has 0 radical (unpaired) electrons. The molecule has 4 rings (SSSR count). The molecule has 0 fully saturated rings. The molecule has 0 saturated carbocycles. The Labute approximate surface area is 190 Å². The predicted molar refractivity (Wildman–Crippen MR) is 120 cm³/mol. The maximum atomic E-state index is 13.0. The van der Waals surface area contributed by atoms with Crippen LogP contribution in [0.3, 0.4) is 0 Å². The van der Waals surface area contributed by atoms with Crippen LogP contribution in [0.15, 0.2) is 79.4 Å². The number of benzene rings is 2. The van der Waals surface area contributed by atoms with E-state index < -0.39 is 0 Å². The largest absolute Gasteiger partial charge is 0.483 e. The minimum atomic E-state index is -0.250. The average molecular weight is 440 g/mol. The van der Waals surface area contributed by atoms with Crippen LogP contribution in [0.2, 0.25) is 0 Å². The van der Waals surface area contributed by atoms with Gasteiger partial charge in [0, 0.05) is 49.5 Å². The summed E-state index contributed by atoms with van der Waals surface area (Å²) in [6.07, 6.45) is 6.62. The normalized spacial score (nSPS) is 9.82. The van der Waals surface area contributed by atoms with E-state index in [0.29, 0.717) is 23.4 Å². The standard InChI is InChI=1S/C23H18N6O.CH2O2/c1-28(16-17-6-8-20(9-7-17)29-13-3-10-27-29)23(30)19-5-2-4-18(14-19)22-21(15-24)25-11-12-26-22;2-1-3/h2-14H,16H2,1H3;1H,(H,2,3). The Morgan fingerprint density at radius 2 is 1.85 bits per heavy atom. The van der Waals surface area contributed by atoms with Gasteiger partial charge in [-0.25, -0.2) is 9.67 Å². The molecule has 0 atom stereocenters. The summed E-state index contributed by atoms with van der Waals surface area (Å²) in [5.74, 6) is -0.115. The third kappa shape index (κ3) is 5.65. The van der Waals surface area contributed by atoms with E-state index >= 15 is 0 Å². The van der Waals surface area contributed by atoms with Gasteiger partial charge in [0.2, 0.25) is 0 Å². The summed E-state index contributed by atoms with van der Waals surface area (Å²) in [7, 11) is 1.76. The maximum absolute atomic E-state index is 13.0. The van der Waals surface area contributed by atoms with Gasteiger partial charge in [-0.1, -0.05) is 24.3 Å². The van der Waals surface area contributed by atoms with Gasteiger partial charge in [-0.2, -0.15) is 10.4 Å². The van der Waals surface area contributed by atoms with E-state index in [-0.39, 0.29) is 18.1 Å². The number of nitriles is 1. The summed E-state index contributed by atoms with van der Waals surface area (Å²) in [5, 5.41) is 20.4. The zero-order chi connectivity index (χ0) is 23.6. The van der Waals surface area contributed by atoms with Crippen molar-refractivity contribution in [3.05, 3.63) is 96.2 Å². The minimum absolute atomic E-state index is 0.115. The number of carbonyl (C=O) groups excluding carboxylic acids is 1. The van der Waals surface area contributed by atoms with Crippen LogP contribution in [-0.4, -0.2) is 49.2 Å². The molecule has 0 saturated heterocycles. The van der Waals surface area contributed by atoms with Gasteiger partial charge in [-0.15, -0.1) is 0 Å². The van der Waals surface area contributed by atoms with Crippen LogP contribution >= 0.6 is 0 Å². The second-order valence-corrected chi connectivity index (χ2v) is 6.83. The first kappa shape index (κ1) is 22.8. The van der Waals surface area contributed by atoms with Crippen molar-refractivity contribution in [3.63, 3.8) is 0 Å². The van der Waals surface area contributed by atoms with E-state index in [4.69, 9.17) is 9.90 Å². The Bertz CT molecular complexity index is 1260. The molecule has 0 spiro atoms. The predicted octanol–water partition coefficient (Wildman–Crippen LogP) is 3.17. The van der Waals surface area contributed by atoms with Gasteiger partial charge in [-0.3, -0.25) is 14.6 Å². The molecule has 33 heavy (non-hydrogen) atoms. The lowest BCUT2D eigenvalue weighted by molar-refractivity contribution is -0.122. The molecule has 9 nitrogen and oxygen atoms in total. The molecule has 9 heteroatoms. The zero-order valence-electron chi connectivity index (χ0n) is 17.7. The fourth-order valence-corrected chi connectivity index (χ4v) is 3.17. The first-order chi connectivity index (χ1) is 16.1. The monoisotopic (exact) mass is 440 g/mol. The van der Waals surface area contributed by atoms with Crippen LogP contribution in [0.4, 0.5) is 0 Å². The molecule has 4 aromatic rings. The highest BCUT2D eigenvalue weighted by molar-refractivity contribution is 5.95. The van der Waals surface area contributed by atoms with Crippen molar-refractivity contribution in [3.8, 4) is 23.0 Å². The summed E-state index contributed by atoms with van der Waals surface area (Å²) >= 11 is 0. The number of aromatic nitrogens is 4. The second kappa shape index (κ2) is 11.0. The minimum Gasteiger partial charge on any atom is -0.483 e. The summed E-state index contributed by atoms with van der Waals surface area (Å²) in [4.78, 5) is 31.3. The SMILES string of the molecule is CN(Cc1ccc(-n2cccn2)cc1)C(=O)c1cccc(-c2nccnc2C#N)c1.O=CO. The Kier molecular flexibility index (Phi) is 7.59. The third-order valence-corrected chi connectivity index (χ3v) is 4.66. The van der Waals surface area contributed by atoms with Gasteiger partial charge in [0.15, 0.2) is 5.69 Å². The van der Waals surface area contributed by atoms with E-state index in [2.05, 4.69) is 15.1 Å². The Hall–Kier alpha value is -4.84. The highest BCUT2D eigenvalue weighted by Gasteiger charge is 2.15. The Balaban J connectivity index is 0.000000968. The third-order valence-electron chi connectivity index (χ3n) is 4.66. The lowest BCUT2D eigenvalue weighted by atomic mass is 10.1. The Morgan fingerprint density at radius 3 is 2.52 bits per heavy atom. The molecular formula is C24H20N6O3. The van der Waals surface area contributed by atoms with E-state index in [1.807, 2.05) is 48.7 Å². The summed E-state index contributed by atoms with van der Waals surface area (Å²) in [5.41, 5.74) is 3.88. The molecule has 1 amide bonds. The van der Waals surface area contributed by atoms with Crippen molar-refractivity contribution in [2.45, 2.75) is 6.54 Å². The van der Waals surface area contributed by atoms with Crippen molar-refractivity contribution in [1.82, 2.24) is 24.6 Å². The topological polar surface area (TPSA) is 125 Å². The molecule has 2 aromatic carbocycles. The van der Waals surface area contributed by atoms with E-state index in [1.165, 1.54) is 12.4 Å². The van der Waals surface area contributed by atoms with Gasteiger partial charge in [-0.05, 0) is 35.9 Å². The van der Waals surface area contributed by atoms with Crippen LogP contribution in [0.5, 0.6) is 0 Å². The van der Waals surface area contributed by atoms with Gasteiger partial charge in [0.05, 0.1) is 5.69 Å². The van der Waals surface area contributed by atoms with Crippen LogP contribution < -0.4 is 0 Å². The molecule has 0 bridgehead atoms. The molecule has 0 aliphatic heterocycles. The first-order valence-corrected chi connectivity index (χ1v) is 9.81. The Morgan fingerprint density at radius 1 is 1.12 bits per heavy atom. The zero-order valence-corrected chi connectivity index (χ0v) is 17.7. The molecule has 0 aliphatic carbocycles. The van der Waals surface area contributed by atoms with Crippen molar-refractivity contribution < 1.29 is 14.7 Å². The number of nitrogens with zero attached hydrogens (tertiary/aromatic N) is 6.